The van der Waals surface area contributed by atoms with E-state index in [0.717, 1.165) is 39.0 Å². The third-order valence-electron chi connectivity index (χ3n) is 13.3. The largest absolute Gasteiger partial charge is 0.466 e. The van der Waals surface area contributed by atoms with E-state index in [-0.39, 0.29) is 11.9 Å². The van der Waals surface area contributed by atoms with Gasteiger partial charge in [0.05, 0.1) is 13.2 Å². The number of hydrogen-bond acceptors (Lipinski definition) is 6. The van der Waals surface area contributed by atoms with E-state index in [1.54, 1.807) is 0 Å². The second-order valence-electron chi connectivity index (χ2n) is 19.7. The van der Waals surface area contributed by atoms with Crippen LogP contribution >= 0.6 is 0 Å². The highest BCUT2D eigenvalue weighted by Crippen LogP contribution is 2.24. The summed E-state index contributed by atoms with van der Waals surface area (Å²) in [5.41, 5.74) is 0. The lowest BCUT2D eigenvalue weighted by Crippen LogP contribution is -2.28. The highest BCUT2D eigenvalue weighted by Gasteiger charge is 2.16. The number of unbranched alkanes of at least 4 members (excludes halogenated alkanes) is 22. The summed E-state index contributed by atoms with van der Waals surface area (Å²) < 4.78 is 17.6. The van der Waals surface area contributed by atoms with Crippen molar-refractivity contribution in [2.45, 2.75) is 285 Å². The minimum Gasteiger partial charge on any atom is -0.466 e. The van der Waals surface area contributed by atoms with Crippen LogP contribution in [0.3, 0.4) is 0 Å². The lowest BCUT2D eigenvalue weighted by molar-refractivity contribution is -0.146. The zero-order chi connectivity index (χ0) is 44.9. The van der Waals surface area contributed by atoms with Crippen molar-refractivity contribution in [1.82, 2.24) is 4.90 Å². The Kier molecular flexibility index (Phi) is 46.0. The second-order valence-corrected chi connectivity index (χ2v) is 19.7. The molecule has 0 atom stereocenters. The number of rotatable bonds is 49. The van der Waals surface area contributed by atoms with Gasteiger partial charge < -0.3 is 19.1 Å². The Labute approximate surface area is 382 Å². The van der Waals surface area contributed by atoms with Gasteiger partial charge in [0, 0.05) is 38.6 Å². The van der Waals surface area contributed by atoms with E-state index in [4.69, 9.17) is 14.2 Å². The molecule has 6 nitrogen and oxygen atoms in total. The second kappa shape index (κ2) is 46.8. The van der Waals surface area contributed by atoms with Crippen LogP contribution < -0.4 is 0 Å². The molecule has 0 N–H and O–H groups in total. The Morgan fingerprint density at radius 3 is 1.05 bits per heavy atom. The van der Waals surface area contributed by atoms with E-state index >= 15 is 0 Å². The quantitative estimate of drug-likeness (QED) is 0.0448. The van der Waals surface area contributed by atoms with Gasteiger partial charge in [0.2, 0.25) is 0 Å². The Morgan fingerprint density at radius 1 is 0.393 bits per heavy atom. The number of nitrogens with zero attached hydrogens (tertiary/aromatic N) is 1. The summed E-state index contributed by atoms with van der Waals surface area (Å²) in [7, 11) is 2.21. The van der Waals surface area contributed by atoms with Gasteiger partial charge in [0.15, 0.2) is 0 Å². The van der Waals surface area contributed by atoms with Crippen molar-refractivity contribution in [3.05, 3.63) is 0 Å². The third kappa shape index (κ3) is 42.6. The van der Waals surface area contributed by atoms with E-state index in [0.29, 0.717) is 49.9 Å². The van der Waals surface area contributed by atoms with Crippen LogP contribution in [0.15, 0.2) is 0 Å². The molecule has 0 saturated carbocycles. The highest BCUT2D eigenvalue weighted by atomic mass is 16.5. The molecule has 0 fully saturated rings. The first-order chi connectivity index (χ1) is 29.8. The van der Waals surface area contributed by atoms with Crippen LogP contribution in [-0.2, 0) is 23.8 Å². The van der Waals surface area contributed by atoms with Crippen LogP contribution in [0, 0.1) is 17.8 Å². The Morgan fingerprint density at radius 2 is 0.705 bits per heavy atom. The maximum absolute atomic E-state index is 12.5. The van der Waals surface area contributed by atoms with Gasteiger partial charge in [-0.2, -0.15) is 0 Å². The van der Waals surface area contributed by atoms with Crippen molar-refractivity contribution in [3.63, 3.8) is 0 Å². The summed E-state index contributed by atoms with van der Waals surface area (Å²) in [6.07, 6.45) is 44.9. The Hall–Kier alpha value is -1.14. The summed E-state index contributed by atoms with van der Waals surface area (Å²) in [6.45, 7) is 17.6. The molecule has 0 heterocycles. The van der Waals surface area contributed by atoms with Gasteiger partial charge in [0.25, 0.3) is 0 Å². The van der Waals surface area contributed by atoms with Crippen LogP contribution in [-0.4, -0.2) is 62.9 Å². The molecule has 0 aromatic carbocycles. The van der Waals surface area contributed by atoms with Crippen LogP contribution in [0.2, 0.25) is 0 Å². The molecule has 61 heavy (non-hydrogen) atoms. The maximum Gasteiger partial charge on any atom is 0.306 e. The van der Waals surface area contributed by atoms with Crippen LogP contribution in [0.25, 0.3) is 0 Å². The van der Waals surface area contributed by atoms with E-state index in [1.807, 2.05) is 0 Å². The summed E-state index contributed by atoms with van der Waals surface area (Å²) >= 11 is 0. The van der Waals surface area contributed by atoms with Crippen molar-refractivity contribution < 1.29 is 23.8 Å². The number of carbonyl (C=O) groups excluding carboxylic acids is 2. The van der Waals surface area contributed by atoms with Crippen molar-refractivity contribution in [2.24, 2.45) is 17.8 Å². The van der Waals surface area contributed by atoms with E-state index in [9.17, 15) is 9.59 Å². The molecule has 0 aliphatic heterocycles. The normalized spacial score (nSPS) is 11.9. The lowest BCUT2D eigenvalue weighted by atomic mass is 9.92. The van der Waals surface area contributed by atoms with Crippen molar-refractivity contribution >= 4 is 11.9 Å². The molecule has 0 radical (unpaired) electrons. The third-order valence-corrected chi connectivity index (χ3v) is 13.3. The van der Waals surface area contributed by atoms with Crippen molar-refractivity contribution in [1.29, 1.82) is 0 Å². The van der Waals surface area contributed by atoms with Gasteiger partial charge in [-0.05, 0) is 96.4 Å². The van der Waals surface area contributed by atoms with Gasteiger partial charge in [-0.3, -0.25) is 9.59 Å². The average Bonchev–Trinajstić information content (AvgIpc) is 3.24. The van der Waals surface area contributed by atoms with Gasteiger partial charge in [-0.1, -0.05) is 195 Å². The van der Waals surface area contributed by atoms with Crippen molar-refractivity contribution in [2.75, 3.05) is 40.0 Å². The molecule has 0 unspecified atom stereocenters. The first kappa shape index (κ1) is 59.9. The van der Waals surface area contributed by atoms with Gasteiger partial charge in [-0.25, -0.2) is 0 Å². The standard InChI is InChI=1S/C55H109NO5/c1-8-12-28-37-51(38-29-13-9-2)47-54(57)60-45-34-26-22-18-16-20-24-32-41-53(49-59-44-36-43-56(7)50(5)6)42-33-25-21-17-19-23-27-35-46-61-55(58)48-52(39-30-14-10-3)40-31-15-11-4/h50-53H,8-49H2,1-7H3. The number of esters is 2. The molecule has 6 heteroatoms. The smallest absolute Gasteiger partial charge is 0.306 e. The molecule has 0 aliphatic carbocycles. The summed E-state index contributed by atoms with van der Waals surface area (Å²) in [5, 5.41) is 0. The SMILES string of the molecule is CCCCCC(CCCCC)CC(=O)OCCCCCCCCCCC(CCCCCCCCCCOC(=O)CC(CCCCC)CCCCC)COCCCN(C)C(C)C. The van der Waals surface area contributed by atoms with Crippen molar-refractivity contribution in [3.8, 4) is 0 Å². The van der Waals surface area contributed by atoms with E-state index in [1.165, 1.54) is 205 Å². The average molecular weight is 864 g/mol. The number of ether oxygens (including phenoxy) is 3. The molecule has 0 aromatic heterocycles. The molecule has 0 saturated heterocycles. The highest BCUT2D eigenvalue weighted by molar-refractivity contribution is 5.70. The molecule has 0 aliphatic rings. The monoisotopic (exact) mass is 864 g/mol. The molecule has 0 rings (SSSR count). The Balaban J connectivity index is 4.20. The lowest BCUT2D eigenvalue weighted by Gasteiger charge is -2.21. The summed E-state index contributed by atoms with van der Waals surface area (Å²) in [6, 6.07) is 0.591. The van der Waals surface area contributed by atoms with Crippen LogP contribution in [0.5, 0.6) is 0 Å². The molecule has 0 bridgehead atoms. The molecule has 0 aromatic rings. The van der Waals surface area contributed by atoms with Gasteiger partial charge >= 0.3 is 11.9 Å². The minimum absolute atomic E-state index is 0.0358. The first-order valence-electron chi connectivity index (χ1n) is 27.4. The Bertz CT molecular complexity index is 831. The minimum atomic E-state index is 0.0358. The number of hydrogen-bond donors (Lipinski definition) is 0. The van der Waals surface area contributed by atoms with Crippen LogP contribution in [0.1, 0.15) is 279 Å². The zero-order valence-electron chi connectivity index (χ0n) is 42.5. The molecule has 0 spiro atoms. The molecule has 364 valence electrons. The fourth-order valence-corrected chi connectivity index (χ4v) is 8.82. The van der Waals surface area contributed by atoms with E-state index < -0.39 is 0 Å². The molecular weight excluding hydrogens is 755 g/mol. The molecular formula is C55H109NO5. The number of carbonyl (C=O) groups is 2. The fourth-order valence-electron chi connectivity index (χ4n) is 8.82. The summed E-state index contributed by atoms with van der Waals surface area (Å²) in [5.74, 6) is 1.80. The van der Waals surface area contributed by atoms with Gasteiger partial charge in [-0.15, -0.1) is 0 Å². The topological polar surface area (TPSA) is 65.1 Å². The predicted octanol–water partition coefficient (Wildman–Crippen LogP) is 16.8. The van der Waals surface area contributed by atoms with E-state index in [2.05, 4.69) is 53.5 Å². The molecule has 0 amide bonds. The first-order valence-corrected chi connectivity index (χ1v) is 27.4. The predicted molar refractivity (Wildman–Crippen MR) is 264 cm³/mol. The maximum atomic E-state index is 12.5. The van der Waals surface area contributed by atoms with Crippen LogP contribution in [0.4, 0.5) is 0 Å². The summed E-state index contributed by atoms with van der Waals surface area (Å²) in [4.78, 5) is 27.5. The fraction of sp³-hybridized carbons (Fsp3) is 0.964. The zero-order valence-corrected chi connectivity index (χ0v) is 42.5. The van der Waals surface area contributed by atoms with Gasteiger partial charge in [0.1, 0.15) is 0 Å².